The molecule has 110 valence electrons. The minimum absolute atomic E-state index is 0.0168. The van der Waals surface area contributed by atoms with Crippen molar-refractivity contribution in [1.29, 1.82) is 0 Å². The van der Waals surface area contributed by atoms with Crippen LogP contribution >= 0.6 is 0 Å². The Labute approximate surface area is 118 Å². The van der Waals surface area contributed by atoms with E-state index in [0.717, 1.165) is 5.56 Å². The number of nitrogens with two attached hydrogens (primary N) is 1. The number of carbonyl (C=O) groups excluding carboxylic acids is 1. The van der Waals surface area contributed by atoms with Gasteiger partial charge in [0.05, 0.1) is 0 Å². The summed E-state index contributed by atoms with van der Waals surface area (Å²) in [5, 5.41) is 0. The second-order valence-corrected chi connectivity index (χ2v) is 6.21. The molecule has 2 N–H and O–H groups in total. The van der Waals surface area contributed by atoms with Crippen LogP contribution in [-0.4, -0.2) is 35.7 Å². The normalized spacial score (nSPS) is 22.9. The summed E-state index contributed by atoms with van der Waals surface area (Å²) in [6.07, 6.45) is -0.349. The molecule has 1 amide bonds. The van der Waals surface area contributed by atoms with Crippen LogP contribution < -0.4 is 5.73 Å². The van der Waals surface area contributed by atoms with Gasteiger partial charge in [0.1, 0.15) is 11.4 Å². The average Bonchev–Trinajstić information content (AvgIpc) is 2.70. The first-order valence-corrected chi connectivity index (χ1v) is 6.75. The molecule has 2 atom stereocenters. The van der Waals surface area contributed by atoms with Gasteiger partial charge in [0.25, 0.3) is 0 Å². The number of carbonyl (C=O) groups is 1. The lowest BCUT2D eigenvalue weighted by Crippen LogP contribution is -2.36. The molecule has 0 spiro atoms. The lowest BCUT2D eigenvalue weighted by molar-refractivity contribution is 0.0290. The molecule has 1 aliphatic heterocycles. The summed E-state index contributed by atoms with van der Waals surface area (Å²) in [5.41, 5.74) is 6.53. The molecular formula is C15H21FN2O2. The molecule has 1 aliphatic rings. The highest BCUT2D eigenvalue weighted by Crippen LogP contribution is 2.27. The second-order valence-electron chi connectivity index (χ2n) is 6.21. The van der Waals surface area contributed by atoms with Gasteiger partial charge in [-0.05, 0) is 38.5 Å². The number of ether oxygens (including phenoxy) is 1. The van der Waals surface area contributed by atoms with Crippen LogP contribution in [0.4, 0.5) is 9.18 Å². The van der Waals surface area contributed by atoms with E-state index in [4.69, 9.17) is 10.5 Å². The number of halogens is 1. The van der Waals surface area contributed by atoms with Gasteiger partial charge in [0.15, 0.2) is 0 Å². The Morgan fingerprint density at radius 2 is 1.90 bits per heavy atom. The summed E-state index contributed by atoms with van der Waals surface area (Å²) >= 11 is 0. The van der Waals surface area contributed by atoms with Gasteiger partial charge in [-0.25, -0.2) is 9.18 Å². The predicted molar refractivity (Wildman–Crippen MR) is 74.9 cm³/mol. The van der Waals surface area contributed by atoms with E-state index in [9.17, 15) is 9.18 Å². The maximum atomic E-state index is 12.9. The number of likely N-dealkylation sites (tertiary alicyclic amines) is 1. The van der Waals surface area contributed by atoms with E-state index >= 15 is 0 Å². The highest BCUT2D eigenvalue weighted by molar-refractivity contribution is 5.69. The fourth-order valence-electron chi connectivity index (χ4n) is 2.37. The predicted octanol–water partition coefficient (Wildman–Crippen LogP) is 2.49. The first-order valence-electron chi connectivity index (χ1n) is 6.75. The summed E-state index contributed by atoms with van der Waals surface area (Å²) in [4.78, 5) is 13.6. The molecule has 5 heteroatoms. The summed E-state index contributed by atoms with van der Waals surface area (Å²) in [6, 6.07) is 6.11. The zero-order valence-electron chi connectivity index (χ0n) is 12.1. The summed E-state index contributed by atoms with van der Waals surface area (Å²) in [7, 11) is 0. The van der Waals surface area contributed by atoms with Crippen LogP contribution in [0.1, 0.15) is 32.3 Å². The van der Waals surface area contributed by atoms with Crippen molar-refractivity contribution >= 4 is 6.09 Å². The quantitative estimate of drug-likeness (QED) is 0.860. The third kappa shape index (κ3) is 3.48. The Bertz CT molecular complexity index is 482. The van der Waals surface area contributed by atoms with Gasteiger partial charge < -0.3 is 15.4 Å². The van der Waals surface area contributed by atoms with E-state index in [-0.39, 0.29) is 23.9 Å². The highest BCUT2D eigenvalue weighted by atomic mass is 19.1. The zero-order chi connectivity index (χ0) is 14.9. The lowest BCUT2D eigenvalue weighted by atomic mass is 9.95. The Hall–Kier alpha value is -1.62. The largest absolute Gasteiger partial charge is 0.444 e. The van der Waals surface area contributed by atoms with Gasteiger partial charge in [-0.1, -0.05) is 12.1 Å². The van der Waals surface area contributed by atoms with Crippen molar-refractivity contribution < 1.29 is 13.9 Å². The van der Waals surface area contributed by atoms with Crippen molar-refractivity contribution in [2.24, 2.45) is 5.73 Å². The van der Waals surface area contributed by atoms with Crippen molar-refractivity contribution in [3.05, 3.63) is 35.6 Å². The topological polar surface area (TPSA) is 55.6 Å². The molecule has 0 aliphatic carbocycles. The minimum Gasteiger partial charge on any atom is -0.444 e. The molecule has 1 aromatic rings. The summed E-state index contributed by atoms with van der Waals surface area (Å²) < 4.78 is 18.3. The smallest absolute Gasteiger partial charge is 0.410 e. The van der Waals surface area contributed by atoms with Crippen LogP contribution in [0.5, 0.6) is 0 Å². The molecule has 1 heterocycles. The van der Waals surface area contributed by atoms with Crippen molar-refractivity contribution in [3.63, 3.8) is 0 Å². The first kappa shape index (κ1) is 14.8. The number of amides is 1. The Morgan fingerprint density at radius 1 is 1.30 bits per heavy atom. The van der Waals surface area contributed by atoms with Gasteiger partial charge >= 0.3 is 6.09 Å². The standard InChI is InChI=1S/C15H21FN2O2/c1-15(2,3)20-14(19)18-8-12(13(17)9-18)10-4-6-11(16)7-5-10/h4-7,12-13H,8-9,17H2,1-3H3/t12-,13+/m1/s1. The first-order chi connectivity index (χ1) is 9.26. The molecule has 2 rings (SSSR count). The minimum atomic E-state index is -0.519. The van der Waals surface area contributed by atoms with Gasteiger partial charge in [0.2, 0.25) is 0 Å². The average molecular weight is 280 g/mol. The Kier molecular flexibility index (Phi) is 3.99. The molecule has 20 heavy (non-hydrogen) atoms. The fourth-order valence-corrected chi connectivity index (χ4v) is 2.37. The third-order valence-corrected chi connectivity index (χ3v) is 3.31. The summed E-state index contributed by atoms with van der Waals surface area (Å²) in [5.74, 6) is -0.257. The highest BCUT2D eigenvalue weighted by Gasteiger charge is 2.35. The number of nitrogens with zero attached hydrogens (tertiary/aromatic N) is 1. The van der Waals surface area contributed by atoms with Crippen molar-refractivity contribution in [1.82, 2.24) is 4.90 Å². The van der Waals surface area contributed by atoms with Crippen LogP contribution in [0.2, 0.25) is 0 Å². The number of hydrogen-bond donors (Lipinski definition) is 1. The molecule has 4 nitrogen and oxygen atoms in total. The zero-order valence-corrected chi connectivity index (χ0v) is 12.1. The van der Waals surface area contributed by atoms with Crippen LogP contribution in [0.25, 0.3) is 0 Å². The fraction of sp³-hybridized carbons (Fsp3) is 0.533. The van der Waals surface area contributed by atoms with E-state index in [1.165, 1.54) is 12.1 Å². The van der Waals surface area contributed by atoms with E-state index in [2.05, 4.69) is 0 Å². The molecule has 1 saturated heterocycles. The molecule has 1 fully saturated rings. The van der Waals surface area contributed by atoms with Gasteiger partial charge in [-0.15, -0.1) is 0 Å². The van der Waals surface area contributed by atoms with E-state index in [1.54, 1.807) is 17.0 Å². The number of rotatable bonds is 1. The van der Waals surface area contributed by atoms with E-state index in [0.29, 0.717) is 13.1 Å². The third-order valence-electron chi connectivity index (χ3n) is 3.31. The number of hydrogen-bond acceptors (Lipinski definition) is 3. The van der Waals surface area contributed by atoms with Crippen LogP contribution in [-0.2, 0) is 4.74 Å². The van der Waals surface area contributed by atoms with E-state index in [1.807, 2.05) is 20.8 Å². The molecule has 0 aromatic heterocycles. The lowest BCUT2D eigenvalue weighted by Gasteiger charge is -2.24. The molecular weight excluding hydrogens is 259 g/mol. The Morgan fingerprint density at radius 3 is 2.45 bits per heavy atom. The molecule has 0 unspecified atom stereocenters. The molecule has 0 bridgehead atoms. The number of benzene rings is 1. The van der Waals surface area contributed by atoms with Gasteiger partial charge in [-0.2, -0.15) is 0 Å². The monoisotopic (exact) mass is 280 g/mol. The van der Waals surface area contributed by atoms with Crippen molar-refractivity contribution in [2.75, 3.05) is 13.1 Å². The van der Waals surface area contributed by atoms with Crippen molar-refractivity contribution in [2.45, 2.75) is 38.3 Å². The molecule has 0 radical (unpaired) electrons. The second kappa shape index (κ2) is 5.40. The summed E-state index contributed by atoms with van der Waals surface area (Å²) in [6.45, 7) is 6.45. The molecule has 0 saturated carbocycles. The van der Waals surface area contributed by atoms with Crippen LogP contribution in [0.15, 0.2) is 24.3 Å². The maximum Gasteiger partial charge on any atom is 0.410 e. The SMILES string of the molecule is CC(C)(C)OC(=O)N1C[C@H](c2ccc(F)cc2)[C@@H](N)C1. The van der Waals surface area contributed by atoms with Gasteiger partial charge in [0, 0.05) is 25.0 Å². The Balaban J connectivity index is 2.05. The van der Waals surface area contributed by atoms with E-state index < -0.39 is 5.60 Å². The molecule has 1 aromatic carbocycles. The maximum absolute atomic E-state index is 12.9. The van der Waals surface area contributed by atoms with Gasteiger partial charge in [-0.3, -0.25) is 0 Å². The van der Waals surface area contributed by atoms with Crippen molar-refractivity contribution in [3.8, 4) is 0 Å². The van der Waals surface area contributed by atoms with Crippen LogP contribution in [0.3, 0.4) is 0 Å². The van der Waals surface area contributed by atoms with Crippen LogP contribution in [0, 0.1) is 5.82 Å².